The molecule has 12 aromatic rings. The van der Waals surface area contributed by atoms with Crippen LogP contribution in [-0.2, 0) is 5.41 Å². The molecular formula is C70H49N3Si. The standard InChI is InChI=1S/C70H49N3Si/c1-7-22-53(23-8-1)67-71-68(54-42-38-50(39-43-54)51-46-48-61(49-47-51)74(58-28-13-4-14-29-58,59-30-15-5-16-31-59)60-32-17-6-18-33-60)73-69(72-67)55-44-40-52(41-45-55)62-35-21-37-65-66(62)63-34-19-20-36-64(63)70(65,56-24-9-2-10-25-56)57-26-11-3-12-27-57/h1-49H. The highest BCUT2D eigenvalue weighted by Gasteiger charge is 2.47. The maximum absolute atomic E-state index is 5.19. The second kappa shape index (κ2) is 19.0. The van der Waals surface area contributed by atoms with Crippen molar-refractivity contribution in [2.75, 3.05) is 0 Å². The first-order valence-corrected chi connectivity index (χ1v) is 27.3. The van der Waals surface area contributed by atoms with Crippen molar-refractivity contribution < 1.29 is 0 Å². The Labute approximate surface area is 433 Å². The first-order chi connectivity index (χ1) is 36.7. The highest BCUT2D eigenvalue weighted by Crippen LogP contribution is 2.58. The number of rotatable bonds is 11. The van der Waals surface area contributed by atoms with Crippen molar-refractivity contribution in [2.45, 2.75) is 5.41 Å². The molecule has 11 aromatic carbocycles. The van der Waals surface area contributed by atoms with Gasteiger partial charge in [-0.15, -0.1) is 0 Å². The summed E-state index contributed by atoms with van der Waals surface area (Å²) in [4.78, 5) is 15.4. The summed E-state index contributed by atoms with van der Waals surface area (Å²) >= 11 is 0. The van der Waals surface area contributed by atoms with E-state index < -0.39 is 13.5 Å². The van der Waals surface area contributed by atoms with Gasteiger partial charge in [0.1, 0.15) is 0 Å². The van der Waals surface area contributed by atoms with Crippen LogP contribution in [0.2, 0.25) is 0 Å². The van der Waals surface area contributed by atoms with Crippen LogP contribution in [0.15, 0.2) is 297 Å². The molecule has 348 valence electrons. The van der Waals surface area contributed by atoms with E-state index in [-0.39, 0.29) is 0 Å². The van der Waals surface area contributed by atoms with Gasteiger partial charge in [0.05, 0.1) is 5.41 Å². The lowest BCUT2D eigenvalue weighted by molar-refractivity contribution is 0.768. The van der Waals surface area contributed by atoms with Crippen LogP contribution in [0.3, 0.4) is 0 Å². The topological polar surface area (TPSA) is 38.7 Å². The molecule has 0 fully saturated rings. The van der Waals surface area contributed by atoms with Crippen molar-refractivity contribution in [2.24, 2.45) is 0 Å². The van der Waals surface area contributed by atoms with Gasteiger partial charge in [-0.25, -0.2) is 15.0 Å². The van der Waals surface area contributed by atoms with Crippen molar-refractivity contribution in [3.05, 3.63) is 320 Å². The summed E-state index contributed by atoms with van der Waals surface area (Å²) in [5.74, 6) is 1.88. The van der Waals surface area contributed by atoms with Crippen molar-refractivity contribution >= 4 is 28.8 Å². The molecule has 13 rings (SSSR count). The molecule has 0 radical (unpaired) electrons. The van der Waals surface area contributed by atoms with Gasteiger partial charge < -0.3 is 0 Å². The molecule has 0 amide bonds. The number of aromatic nitrogens is 3. The van der Waals surface area contributed by atoms with Gasteiger partial charge in [0.2, 0.25) is 0 Å². The lowest BCUT2D eigenvalue weighted by atomic mass is 9.67. The quantitative estimate of drug-likeness (QED) is 0.0958. The van der Waals surface area contributed by atoms with E-state index in [4.69, 9.17) is 15.0 Å². The molecule has 1 aromatic heterocycles. The lowest BCUT2D eigenvalue weighted by Gasteiger charge is -2.34. The minimum absolute atomic E-state index is 0.468. The minimum Gasteiger partial charge on any atom is -0.208 e. The normalized spacial score (nSPS) is 12.4. The van der Waals surface area contributed by atoms with Gasteiger partial charge in [-0.2, -0.15) is 0 Å². The summed E-state index contributed by atoms with van der Waals surface area (Å²) in [7, 11) is -2.63. The number of nitrogens with zero attached hydrogens (tertiary/aromatic N) is 3. The first-order valence-electron chi connectivity index (χ1n) is 25.3. The molecule has 1 aliphatic rings. The van der Waals surface area contributed by atoms with E-state index in [9.17, 15) is 0 Å². The Bertz CT molecular complexity index is 3750. The van der Waals surface area contributed by atoms with E-state index in [1.807, 2.05) is 18.2 Å². The summed E-state index contributed by atoms with van der Waals surface area (Å²) in [5, 5.41) is 5.41. The fraction of sp³-hybridized carbons (Fsp3) is 0.0143. The maximum Gasteiger partial charge on any atom is 0.179 e. The Balaban J connectivity index is 0.858. The number of hydrogen-bond donors (Lipinski definition) is 0. The van der Waals surface area contributed by atoms with Crippen LogP contribution < -0.4 is 20.7 Å². The lowest BCUT2D eigenvalue weighted by Crippen LogP contribution is -2.74. The molecule has 1 heterocycles. The minimum atomic E-state index is -2.63. The summed E-state index contributed by atoms with van der Waals surface area (Å²) < 4.78 is 0. The third-order valence-electron chi connectivity index (χ3n) is 15.0. The van der Waals surface area contributed by atoms with Crippen LogP contribution in [0.1, 0.15) is 22.3 Å². The molecule has 0 bridgehead atoms. The molecule has 4 heteroatoms. The Hall–Kier alpha value is -9.35. The Morgan fingerprint density at radius 1 is 0.230 bits per heavy atom. The van der Waals surface area contributed by atoms with Crippen LogP contribution in [0.25, 0.3) is 67.5 Å². The fourth-order valence-corrected chi connectivity index (χ4v) is 16.4. The second-order valence-electron chi connectivity index (χ2n) is 19.0. The van der Waals surface area contributed by atoms with E-state index in [2.05, 4.69) is 279 Å². The summed E-state index contributed by atoms with van der Waals surface area (Å²) in [6, 6.07) is 108. The molecule has 74 heavy (non-hydrogen) atoms. The highest BCUT2D eigenvalue weighted by atomic mass is 28.3. The number of benzene rings is 11. The zero-order valence-electron chi connectivity index (χ0n) is 40.6. The summed E-state index contributed by atoms with van der Waals surface area (Å²) in [5.41, 5.74) is 14.5. The highest BCUT2D eigenvalue weighted by molar-refractivity contribution is 7.19. The fourth-order valence-electron chi connectivity index (χ4n) is 11.7. The molecule has 0 saturated carbocycles. The van der Waals surface area contributed by atoms with Gasteiger partial charge in [-0.05, 0) is 76.4 Å². The molecule has 0 N–H and O–H groups in total. The van der Waals surface area contributed by atoms with Crippen LogP contribution in [0.4, 0.5) is 0 Å². The van der Waals surface area contributed by atoms with E-state index in [0.29, 0.717) is 17.5 Å². The van der Waals surface area contributed by atoms with Crippen molar-refractivity contribution in [3.63, 3.8) is 0 Å². The average Bonchev–Trinajstić information content (AvgIpc) is 3.81. The van der Waals surface area contributed by atoms with Gasteiger partial charge in [0.15, 0.2) is 25.5 Å². The summed E-state index contributed by atoms with van der Waals surface area (Å²) in [6.07, 6.45) is 0. The second-order valence-corrected chi connectivity index (χ2v) is 22.8. The van der Waals surface area contributed by atoms with E-state index >= 15 is 0 Å². The maximum atomic E-state index is 5.19. The van der Waals surface area contributed by atoms with Gasteiger partial charge >= 0.3 is 0 Å². The molecule has 0 aliphatic heterocycles. The van der Waals surface area contributed by atoms with Crippen LogP contribution in [-0.4, -0.2) is 23.0 Å². The molecule has 0 unspecified atom stereocenters. The predicted octanol–water partition coefficient (Wildman–Crippen LogP) is 13.9. The monoisotopic (exact) mass is 959 g/mol. The van der Waals surface area contributed by atoms with Gasteiger partial charge in [-0.1, -0.05) is 297 Å². The van der Waals surface area contributed by atoms with Crippen molar-refractivity contribution in [1.29, 1.82) is 0 Å². The van der Waals surface area contributed by atoms with Gasteiger partial charge in [0, 0.05) is 16.7 Å². The SMILES string of the molecule is c1ccc(-c2nc(-c3ccc(-c4ccc([Si](c5ccccc5)(c5ccccc5)c5ccccc5)cc4)cc3)nc(-c3ccc(-c4cccc5c4-c4ccccc4C5(c4ccccc4)c4ccccc4)cc3)n2)cc1. The zero-order valence-corrected chi connectivity index (χ0v) is 41.6. The van der Waals surface area contributed by atoms with Crippen molar-refractivity contribution in [3.8, 4) is 67.5 Å². The molecule has 0 saturated heterocycles. The largest absolute Gasteiger partial charge is 0.208 e. The molecule has 0 spiro atoms. The zero-order chi connectivity index (χ0) is 49.3. The van der Waals surface area contributed by atoms with Crippen LogP contribution in [0.5, 0.6) is 0 Å². The van der Waals surface area contributed by atoms with Crippen LogP contribution >= 0.6 is 0 Å². The third kappa shape index (κ3) is 7.54. The molecular weight excluding hydrogens is 911 g/mol. The first kappa shape index (κ1) is 44.6. The average molecular weight is 960 g/mol. The van der Waals surface area contributed by atoms with Crippen molar-refractivity contribution in [1.82, 2.24) is 15.0 Å². The summed E-state index contributed by atoms with van der Waals surface area (Å²) in [6.45, 7) is 0. The predicted molar refractivity (Wildman–Crippen MR) is 308 cm³/mol. The van der Waals surface area contributed by atoms with Gasteiger partial charge in [-0.3, -0.25) is 0 Å². The van der Waals surface area contributed by atoms with E-state index in [0.717, 1.165) is 33.4 Å². The van der Waals surface area contributed by atoms with Crippen LogP contribution in [0, 0.1) is 0 Å². The number of hydrogen-bond acceptors (Lipinski definition) is 3. The third-order valence-corrected chi connectivity index (χ3v) is 19.8. The molecule has 0 atom stereocenters. The Kier molecular flexibility index (Phi) is 11.4. The number of fused-ring (bicyclic) bond motifs is 3. The Morgan fingerprint density at radius 3 is 1.03 bits per heavy atom. The smallest absolute Gasteiger partial charge is 0.179 e. The Morgan fingerprint density at radius 2 is 0.554 bits per heavy atom. The van der Waals surface area contributed by atoms with E-state index in [1.165, 1.54) is 59.7 Å². The van der Waals surface area contributed by atoms with Gasteiger partial charge in [0.25, 0.3) is 0 Å². The molecule has 3 nitrogen and oxygen atoms in total. The molecule has 1 aliphatic carbocycles. The van der Waals surface area contributed by atoms with E-state index in [1.54, 1.807) is 0 Å².